The molecule has 8 heteroatoms. The fourth-order valence-electron chi connectivity index (χ4n) is 2.59. The molecule has 0 atom stereocenters. The first kappa shape index (κ1) is 16.7. The number of carbonyl (C=O) groups is 1. The van der Waals surface area contributed by atoms with E-state index in [1.54, 1.807) is 11.9 Å². The van der Waals surface area contributed by atoms with Gasteiger partial charge in [-0.2, -0.15) is 5.26 Å². The van der Waals surface area contributed by atoms with Crippen molar-refractivity contribution in [2.45, 2.75) is 0 Å². The van der Waals surface area contributed by atoms with Crippen LogP contribution in [-0.2, 0) is 4.79 Å². The Morgan fingerprint density at radius 1 is 1.48 bits per heavy atom. The van der Waals surface area contributed by atoms with E-state index in [9.17, 15) is 20.2 Å². The maximum Gasteiger partial charge on any atom is 0.270 e. The van der Waals surface area contributed by atoms with Gasteiger partial charge in [0.25, 0.3) is 5.69 Å². The van der Waals surface area contributed by atoms with Crippen LogP contribution >= 0.6 is 0 Å². The number of nitro groups is 1. The van der Waals surface area contributed by atoms with E-state index in [0.717, 1.165) is 26.2 Å². The third kappa shape index (κ3) is 3.96. The number of amides is 1. The molecule has 1 fully saturated rings. The summed E-state index contributed by atoms with van der Waals surface area (Å²) in [5.74, 6) is 0.00208. The highest BCUT2D eigenvalue weighted by Gasteiger charge is 2.23. The van der Waals surface area contributed by atoms with Crippen molar-refractivity contribution in [3.8, 4) is 6.07 Å². The molecule has 1 N–H and O–H groups in total. The second kappa shape index (κ2) is 7.07. The second-order valence-electron chi connectivity index (χ2n) is 5.76. The van der Waals surface area contributed by atoms with E-state index >= 15 is 0 Å². The van der Waals surface area contributed by atoms with Gasteiger partial charge in [0.15, 0.2) is 0 Å². The summed E-state index contributed by atoms with van der Waals surface area (Å²) >= 11 is 0. The van der Waals surface area contributed by atoms with Crippen molar-refractivity contribution in [1.82, 2.24) is 4.90 Å². The number of hydrogen-bond acceptors (Lipinski definition) is 5. The average Bonchev–Trinajstić information content (AvgIpc) is 2.54. The van der Waals surface area contributed by atoms with Gasteiger partial charge in [0.1, 0.15) is 6.07 Å². The lowest BCUT2D eigenvalue weighted by molar-refractivity contribution is -0.883. The van der Waals surface area contributed by atoms with Crippen molar-refractivity contribution in [1.29, 1.82) is 5.26 Å². The lowest BCUT2D eigenvalue weighted by Gasteiger charge is -2.31. The molecule has 0 bridgehead atoms. The zero-order chi connectivity index (χ0) is 17.0. The number of anilines is 1. The molecule has 8 nitrogen and oxygen atoms in total. The first-order valence-corrected chi connectivity index (χ1v) is 7.41. The van der Waals surface area contributed by atoms with Crippen LogP contribution in [0.15, 0.2) is 18.2 Å². The Kier molecular flexibility index (Phi) is 5.13. The molecule has 0 spiro atoms. The molecule has 1 amide bonds. The van der Waals surface area contributed by atoms with Crippen LogP contribution in [0, 0.1) is 21.4 Å². The third-order valence-electron chi connectivity index (χ3n) is 4.06. The molecule has 1 aromatic rings. The number of carbonyl (C=O) groups excluding carboxylic acids is 1. The molecule has 0 saturated carbocycles. The van der Waals surface area contributed by atoms with Gasteiger partial charge in [-0.25, -0.2) is 0 Å². The number of benzene rings is 1. The van der Waals surface area contributed by atoms with Gasteiger partial charge in [0.2, 0.25) is 5.91 Å². The standard InChI is InChI=1S/C15H19N5O3/c1-17-5-7-19(8-6-17)15(21)11-18(2)14-4-3-13(20(22)23)9-12(14)10-16/h3-4,9H,5-8,11H2,1-2H3/p+1. The maximum absolute atomic E-state index is 12.3. The number of piperazine rings is 1. The molecule has 1 heterocycles. The summed E-state index contributed by atoms with van der Waals surface area (Å²) in [6.07, 6.45) is 0. The van der Waals surface area contributed by atoms with Gasteiger partial charge in [-0.15, -0.1) is 0 Å². The quantitative estimate of drug-likeness (QED) is 0.583. The summed E-state index contributed by atoms with van der Waals surface area (Å²) in [5.41, 5.74) is 0.579. The van der Waals surface area contributed by atoms with Gasteiger partial charge >= 0.3 is 0 Å². The van der Waals surface area contributed by atoms with Crippen LogP contribution in [0.4, 0.5) is 11.4 Å². The minimum absolute atomic E-state index is 0.00208. The number of non-ortho nitro benzene ring substituents is 1. The van der Waals surface area contributed by atoms with Gasteiger partial charge in [-0.3, -0.25) is 14.9 Å². The largest absolute Gasteiger partial charge is 0.364 e. The molecule has 1 aliphatic heterocycles. The van der Waals surface area contributed by atoms with E-state index in [0.29, 0.717) is 5.69 Å². The summed E-state index contributed by atoms with van der Waals surface area (Å²) in [6.45, 7) is 3.45. The van der Waals surface area contributed by atoms with Crippen LogP contribution in [0.5, 0.6) is 0 Å². The molecule has 2 rings (SSSR count). The van der Waals surface area contributed by atoms with Crippen LogP contribution in [0.2, 0.25) is 0 Å². The molecular formula is C15H20N5O3+. The maximum atomic E-state index is 12.3. The van der Waals surface area contributed by atoms with Crippen molar-refractivity contribution in [3.63, 3.8) is 0 Å². The summed E-state index contributed by atoms with van der Waals surface area (Å²) in [5, 5.41) is 20.0. The van der Waals surface area contributed by atoms with Crippen molar-refractivity contribution < 1.29 is 14.6 Å². The minimum atomic E-state index is -0.539. The predicted molar refractivity (Wildman–Crippen MR) is 84.3 cm³/mol. The number of quaternary nitrogens is 1. The van der Waals surface area contributed by atoms with Crippen LogP contribution in [0.3, 0.4) is 0 Å². The summed E-state index contributed by atoms with van der Waals surface area (Å²) in [7, 11) is 3.81. The number of nitriles is 1. The number of nitrogens with one attached hydrogen (secondary N) is 1. The first-order valence-electron chi connectivity index (χ1n) is 7.41. The third-order valence-corrected chi connectivity index (χ3v) is 4.06. The number of likely N-dealkylation sites (N-methyl/N-ethyl adjacent to an activating group) is 2. The first-order chi connectivity index (χ1) is 10.9. The van der Waals surface area contributed by atoms with E-state index in [2.05, 4.69) is 7.05 Å². The normalized spacial score (nSPS) is 15.1. The van der Waals surface area contributed by atoms with E-state index in [1.165, 1.54) is 23.1 Å². The lowest BCUT2D eigenvalue weighted by atomic mass is 10.1. The Labute approximate surface area is 134 Å². The Morgan fingerprint density at radius 2 is 2.13 bits per heavy atom. The molecule has 0 radical (unpaired) electrons. The average molecular weight is 318 g/mol. The molecule has 0 unspecified atom stereocenters. The summed E-state index contributed by atoms with van der Waals surface area (Å²) < 4.78 is 0. The van der Waals surface area contributed by atoms with Gasteiger partial charge < -0.3 is 14.7 Å². The Hall–Kier alpha value is -2.66. The summed E-state index contributed by atoms with van der Waals surface area (Å²) in [6, 6.07) is 6.04. The minimum Gasteiger partial charge on any atom is -0.364 e. The van der Waals surface area contributed by atoms with Gasteiger partial charge in [0.05, 0.1) is 55.9 Å². The molecule has 0 aliphatic carbocycles. The second-order valence-corrected chi connectivity index (χ2v) is 5.76. The Balaban J connectivity index is 2.08. The monoisotopic (exact) mass is 318 g/mol. The van der Waals surface area contributed by atoms with E-state index in [4.69, 9.17) is 0 Å². The zero-order valence-electron chi connectivity index (χ0n) is 13.3. The molecule has 1 aromatic carbocycles. The number of nitro benzene ring substituents is 1. The lowest BCUT2D eigenvalue weighted by Crippen LogP contribution is -3.12. The van der Waals surface area contributed by atoms with E-state index in [1.807, 2.05) is 11.0 Å². The number of hydrogen-bond donors (Lipinski definition) is 1. The van der Waals surface area contributed by atoms with Crippen molar-refractivity contribution >= 4 is 17.3 Å². The highest BCUT2D eigenvalue weighted by Crippen LogP contribution is 2.24. The van der Waals surface area contributed by atoms with Crippen LogP contribution in [0.25, 0.3) is 0 Å². The van der Waals surface area contributed by atoms with Crippen molar-refractivity contribution in [3.05, 3.63) is 33.9 Å². The SMILES string of the molecule is CN(CC(=O)N1CC[NH+](C)CC1)c1ccc([N+](=O)[O-])cc1C#N. The van der Waals surface area contributed by atoms with Crippen LogP contribution in [-0.4, -0.2) is 62.5 Å². The molecule has 0 aromatic heterocycles. The predicted octanol–water partition coefficient (Wildman–Crippen LogP) is -0.740. The fourth-order valence-corrected chi connectivity index (χ4v) is 2.59. The highest BCUT2D eigenvalue weighted by molar-refractivity contribution is 5.82. The molecule has 23 heavy (non-hydrogen) atoms. The van der Waals surface area contributed by atoms with Gasteiger partial charge in [-0.1, -0.05) is 0 Å². The van der Waals surface area contributed by atoms with E-state index in [-0.39, 0.29) is 23.7 Å². The number of rotatable bonds is 4. The number of nitrogens with zero attached hydrogens (tertiary/aromatic N) is 4. The van der Waals surface area contributed by atoms with Gasteiger partial charge in [-0.05, 0) is 6.07 Å². The molecular weight excluding hydrogens is 298 g/mol. The Bertz CT molecular complexity index is 647. The molecule has 1 aliphatic rings. The Morgan fingerprint density at radius 3 is 2.70 bits per heavy atom. The van der Waals surface area contributed by atoms with Crippen molar-refractivity contribution in [2.24, 2.45) is 0 Å². The van der Waals surface area contributed by atoms with Crippen molar-refractivity contribution in [2.75, 3.05) is 51.7 Å². The topological polar surface area (TPSA) is 94.9 Å². The van der Waals surface area contributed by atoms with Gasteiger partial charge in [0, 0.05) is 19.2 Å². The zero-order valence-corrected chi connectivity index (χ0v) is 13.3. The van der Waals surface area contributed by atoms with Crippen LogP contribution in [0.1, 0.15) is 5.56 Å². The smallest absolute Gasteiger partial charge is 0.270 e. The van der Waals surface area contributed by atoms with Crippen LogP contribution < -0.4 is 9.80 Å². The fraction of sp³-hybridized carbons (Fsp3) is 0.467. The molecule has 1 saturated heterocycles. The van der Waals surface area contributed by atoms with E-state index < -0.39 is 4.92 Å². The summed E-state index contributed by atoms with van der Waals surface area (Å²) in [4.78, 5) is 27.5. The highest BCUT2D eigenvalue weighted by atomic mass is 16.6. The molecule has 122 valence electrons.